The molecule has 0 bridgehead atoms. The Bertz CT molecular complexity index is 595. The third kappa shape index (κ3) is 5.05. The summed E-state index contributed by atoms with van der Waals surface area (Å²) in [6.07, 6.45) is 6.78. The molecule has 0 aromatic rings. The molecule has 0 aromatic carbocycles. The van der Waals surface area contributed by atoms with E-state index in [1.165, 1.54) is 0 Å². The van der Waals surface area contributed by atoms with Crippen molar-refractivity contribution in [3.63, 3.8) is 0 Å². The van der Waals surface area contributed by atoms with Gasteiger partial charge < -0.3 is 17.7 Å². The molecule has 0 unspecified atom stereocenters. The van der Waals surface area contributed by atoms with Crippen LogP contribution in [0.4, 0.5) is 0 Å². The summed E-state index contributed by atoms with van der Waals surface area (Å²) in [4.78, 5) is 11.6. The summed E-state index contributed by atoms with van der Waals surface area (Å²) in [7, 11) is -5.12. The topological polar surface area (TPSA) is 54.0 Å². The molecule has 2 heterocycles. The van der Waals surface area contributed by atoms with Gasteiger partial charge in [-0.2, -0.15) is 0 Å². The molecule has 0 spiro atoms. The van der Waals surface area contributed by atoms with E-state index in [2.05, 4.69) is 61.3 Å². The second kappa shape index (κ2) is 9.75. The van der Waals surface area contributed by atoms with Gasteiger partial charge in [-0.1, -0.05) is 55.4 Å². The van der Waals surface area contributed by atoms with E-state index in [1.807, 2.05) is 0 Å². The maximum atomic E-state index is 11.6. The third-order valence-electron chi connectivity index (χ3n) is 6.48. The average Bonchev–Trinajstić information content (AvgIpc) is 3.00. The maximum Gasteiger partial charge on any atom is 0.335 e. The minimum atomic E-state index is -2.59. The van der Waals surface area contributed by atoms with Gasteiger partial charge in [0.05, 0.1) is 18.8 Å². The van der Waals surface area contributed by atoms with Crippen LogP contribution in [0, 0.1) is 12.3 Å². The van der Waals surface area contributed by atoms with E-state index in [4.69, 9.17) is 24.1 Å². The zero-order valence-corrected chi connectivity index (χ0v) is 21.5. The Labute approximate surface area is 179 Å². The fraction of sp³-hybridized carbons (Fsp3) is 0.864. The molecular formula is C22H40O5Si2. The molecule has 2 aliphatic heterocycles. The first-order valence-electron chi connectivity index (χ1n) is 11.1. The van der Waals surface area contributed by atoms with Crippen molar-refractivity contribution in [2.24, 2.45) is 0 Å². The van der Waals surface area contributed by atoms with Crippen molar-refractivity contribution in [3.05, 3.63) is 0 Å². The summed E-state index contributed by atoms with van der Waals surface area (Å²) in [5.74, 6) is 2.02. The van der Waals surface area contributed by atoms with E-state index in [0.717, 1.165) is 6.42 Å². The first-order chi connectivity index (χ1) is 13.5. The Kier molecular flexibility index (Phi) is 8.33. The Morgan fingerprint density at radius 1 is 0.966 bits per heavy atom. The highest BCUT2D eigenvalue weighted by Crippen LogP contribution is 2.47. The Morgan fingerprint density at radius 2 is 1.52 bits per heavy atom. The molecule has 166 valence electrons. The molecule has 0 amide bonds. The van der Waals surface area contributed by atoms with E-state index in [-0.39, 0.29) is 24.1 Å². The van der Waals surface area contributed by atoms with Gasteiger partial charge in [-0.05, 0) is 34.5 Å². The summed E-state index contributed by atoms with van der Waals surface area (Å²) in [5.41, 5.74) is 1.24. The quantitative estimate of drug-likeness (QED) is 0.314. The van der Waals surface area contributed by atoms with Crippen LogP contribution >= 0.6 is 0 Å². The van der Waals surface area contributed by atoms with Crippen LogP contribution in [-0.2, 0) is 22.5 Å². The predicted molar refractivity (Wildman–Crippen MR) is 120 cm³/mol. The largest absolute Gasteiger partial charge is 0.414 e. The Balaban J connectivity index is 2.35. The van der Waals surface area contributed by atoms with Crippen LogP contribution < -0.4 is 0 Å². The van der Waals surface area contributed by atoms with Gasteiger partial charge in [0.1, 0.15) is 6.10 Å². The molecule has 2 aliphatic rings. The van der Waals surface area contributed by atoms with Crippen LogP contribution in [0.15, 0.2) is 0 Å². The lowest BCUT2D eigenvalue weighted by molar-refractivity contribution is -0.114. The third-order valence-corrected chi connectivity index (χ3v) is 16.8. The summed E-state index contributed by atoms with van der Waals surface area (Å²) in [5, 5.41) is 0. The number of Topliss-reactive ketones (excluding diaryl/α,β-unsaturated/α-hetero) is 1. The molecule has 0 saturated carbocycles. The molecule has 0 aromatic heterocycles. The van der Waals surface area contributed by atoms with Gasteiger partial charge in [0.2, 0.25) is 5.78 Å². The van der Waals surface area contributed by atoms with Crippen molar-refractivity contribution in [1.29, 1.82) is 0 Å². The van der Waals surface area contributed by atoms with Gasteiger partial charge in [-0.15, -0.1) is 6.42 Å². The predicted octanol–water partition coefficient (Wildman–Crippen LogP) is 5.08. The Hall–Kier alpha value is -0.496. The molecule has 7 heteroatoms. The fourth-order valence-corrected chi connectivity index (χ4v) is 16.0. The smallest absolute Gasteiger partial charge is 0.335 e. The summed E-state index contributed by atoms with van der Waals surface area (Å²) in [6, 6.07) is 0. The Morgan fingerprint density at radius 3 is 2.00 bits per heavy atom. The number of ketones is 1. The number of carbonyl (C=O) groups excluding carboxylic acids is 1. The van der Waals surface area contributed by atoms with E-state index >= 15 is 0 Å². The highest BCUT2D eigenvalue weighted by atomic mass is 28.5. The van der Waals surface area contributed by atoms with Crippen molar-refractivity contribution in [3.8, 4) is 12.3 Å². The number of terminal acetylenes is 1. The lowest BCUT2D eigenvalue weighted by Gasteiger charge is -2.51. The van der Waals surface area contributed by atoms with Crippen LogP contribution in [0.1, 0.15) is 74.7 Å². The molecule has 0 aliphatic carbocycles. The molecule has 2 rings (SSSR count). The summed E-state index contributed by atoms with van der Waals surface area (Å²) < 4.78 is 27.2. The molecular weight excluding hydrogens is 400 g/mol. The van der Waals surface area contributed by atoms with Crippen molar-refractivity contribution in [2.45, 2.75) is 115 Å². The number of rotatable bonds is 7. The molecule has 3 atom stereocenters. The molecule has 2 saturated heterocycles. The molecule has 0 radical (unpaired) electrons. The number of hydrogen-bond donors (Lipinski definition) is 0. The van der Waals surface area contributed by atoms with E-state index < -0.39 is 17.1 Å². The number of fused-ring (bicyclic) bond motifs is 1. The molecule has 29 heavy (non-hydrogen) atoms. The van der Waals surface area contributed by atoms with Gasteiger partial charge in [-0.25, -0.2) is 0 Å². The average molecular weight is 441 g/mol. The van der Waals surface area contributed by atoms with Gasteiger partial charge >= 0.3 is 17.1 Å². The van der Waals surface area contributed by atoms with Crippen LogP contribution in [0.2, 0.25) is 22.2 Å². The van der Waals surface area contributed by atoms with Crippen molar-refractivity contribution in [1.82, 2.24) is 0 Å². The van der Waals surface area contributed by atoms with Crippen molar-refractivity contribution in [2.75, 3.05) is 6.61 Å². The number of ether oxygens (including phenoxy) is 1. The van der Waals surface area contributed by atoms with Crippen LogP contribution in [0.25, 0.3) is 0 Å². The van der Waals surface area contributed by atoms with Crippen LogP contribution in [0.3, 0.4) is 0 Å². The molecule has 2 fully saturated rings. The van der Waals surface area contributed by atoms with Crippen LogP contribution in [-0.4, -0.2) is 47.8 Å². The zero-order valence-electron chi connectivity index (χ0n) is 19.5. The van der Waals surface area contributed by atoms with E-state index in [1.54, 1.807) is 0 Å². The van der Waals surface area contributed by atoms with Crippen LogP contribution in [0.5, 0.6) is 0 Å². The first kappa shape index (κ1) is 24.8. The van der Waals surface area contributed by atoms with E-state index in [0.29, 0.717) is 41.6 Å². The molecule has 0 N–H and O–H groups in total. The lowest BCUT2D eigenvalue weighted by atomic mass is 10.1. The van der Waals surface area contributed by atoms with Gasteiger partial charge in [0.15, 0.2) is 0 Å². The lowest BCUT2D eigenvalue weighted by Crippen LogP contribution is -2.65. The standard InChI is InChI=1S/C22H40O5Si2/c1-10-19(23)11-12-20-13-21-22(25-20)14-24-28(15(2)3,16(4)5)27-29(26-21,17(6)7)18(8)9/h1,15-18,20-22H,11-14H2,2-9H3/t20-,21-,22+/m0/s1. The zero-order chi connectivity index (χ0) is 22.0. The maximum absolute atomic E-state index is 11.6. The minimum absolute atomic E-state index is 0.0239. The van der Waals surface area contributed by atoms with E-state index in [9.17, 15) is 4.79 Å². The minimum Gasteiger partial charge on any atom is -0.414 e. The monoisotopic (exact) mass is 440 g/mol. The highest BCUT2D eigenvalue weighted by molar-refractivity contribution is 6.83. The van der Waals surface area contributed by atoms with Gasteiger partial charge in [0, 0.05) is 12.8 Å². The highest BCUT2D eigenvalue weighted by Gasteiger charge is 2.59. The van der Waals surface area contributed by atoms with Gasteiger partial charge in [0.25, 0.3) is 0 Å². The number of hydrogen-bond acceptors (Lipinski definition) is 5. The van der Waals surface area contributed by atoms with Crippen molar-refractivity contribution < 1.29 is 22.5 Å². The summed E-state index contributed by atoms with van der Waals surface area (Å²) >= 11 is 0. The second-order valence-electron chi connectivity index (χ2n) is 9.77. The molecule has 5 nitrogen and oxygen atoms in total. The summed E-state index contributed by atoms with van der Waals surface area (Å²) in [6.45, 7) is 18.3. The first-order valence-corrected chi connectivity index (χ1v) is 15.1. The SMILES string of the molecule is C#CC(=O)CC[C@H]1C[C@@H]2O[Si](C(C)C)(C(C)C)O[Si](C(C)C)(C(C)C)OC[C@H]2O1. The fourth-order valence-electron chi connectivity index (χ4n) is 4.78. The van der Waals surface area contributed by atoms with Crippen molar-refractivity contribution >= 4 is 22.9 Å². The normalized spacial score (nSPS) is 29.0. The van der Waals surface area contributed by atoms with Gasteiger partial charge in [-0.3, -0.25) is 4.79 Å². The second-order valence-corrected chi connectivity index (χ2v) is 18.6. The number of carbonyl (C=O) groups is 1.